The minimum atomic E-state index is 0.434. The number of rotatable bonds is 4. The molecule has 4 heteroatoms. The third-order valence-corrected chi connectivity index (χ3v) is 3.91. The molecule has 2 aromatic rings. The summed E-state index contributed by atoms with van der Waals surface area (Å²) in [5.74, 6) is 1.22. The van der Waals surface area contributed by atoms with Crippen LogP contribution in [-0.2, 0) is 4.74 Å². The highest BCUT2D eigenvalue weighted by atomic mass is 16.5. The van der Waals surface area contributed by atoms with E-state index in [1.54, 1.807) is 6.92 Å². The molecule has 21 heavy (non-hydrogen) atoms. The Morgan fingerprint density at radius 2 is 2.19 bits per heavy atom. The molecule has 1 atom stereocenters. The van der Waals surface area contributed by atoms with Crippen molar-refractivity contribution >= 4 is 16.5 Å². The molecular weight excluding hydrogens is 266 g/mol. The van der Waals surface area contributed by atoms with E-state index < -0.39 is 0 Å². The van der Waals surface area contributed by atoms with Gasteiger partial charge in [-0.3, -0.25) is 0 Å². The Morgan fingerprint density at radius 3 is 2.95 bits per heavy atom. The zero-order valence-corrected chi connectivity index (χ0v) is 12.1. The minimum absolute atomic E-state index is 0.434. The lowest BCUT2D eigenvalue weighted by atomic mass is 10.0. The highest BCUT2D eigenvalue weighted by Gasteiger charge is 2.18. The number of ether oxygens (including phenoxy) is 2. The van der Waals surface area contributed by atoms with Crippen molar-refractivity contribution in [2.24, 2.45) is 11.1 Å². The van der Waals surface area contributed by atoms with Gasteiger partial charge in [0.15, 0.2) is 0 Å². The molecular formula is C17H19NO3. The summed E-state index contributed by atoms with van der Waals surface area (Å²) in [6, 6.07) is 12.0. The van der Waals surface area contributed by atoms with E-state index in [0.29, 0.717) is 18.2 Å². The van der Waals surface area contributed by atoms with Crippen LogP contribution < -0.4 is 4.74 Å². The van der Waals surface area contributed by atoms with Crippen LogP contribution in [0.5, 0.6) is 5.75 Å². The first-order valence-electron chi connectivity index (χ1n) is 7.21. The average Bonchev–Trinajstić information content (AvgIpc) is 3.05. The molecule has 0 saturated carbocycles. The minimum Gasteiger partial charge on any atom is -0.492 e. The molecule has 1 fully saturated rings. The second-order valence-corrected chi connectivity index (χ2v) is 5.39. The molecule has 1 aliphatic heterocycles. The third kappa shape index (κ3) is 2.85. The summed E-state index contributed by atoms with van der Waals surface area (Å²) in [5.41, 5.74) is 1.38. The first kappa shape index (κ1) is 13.9. The first-order chi connectivity index (χ1) is 10.3. The van der Waals surface area contributed by atoms with Crippen molar-refractivity contribution in [3.05, 3.63) is 42.0 Å². The SMILES string of the molecule is CC(=NO)c1ccc2ccccc2c1OCC1CCOC1. The van der Waals surface area contributed by atoms with Crippen LogP contribution in [0.3, 0.4) is 0 Å². The molecule has 0 bridgehead atoms. The second-order valence-electron chi connectivity index (χ2n) is 5.39. The Bertz CT molecular complexity index is 660. The summed E-state index contributed by atoms with van der Waals surface area (Å²) in [4.78, 5) is 0. The van der Waals surface area contributed by atoms with E-state index >= 15 is 0 Å². The van der Waals surface area contributed by atoms with Crippen molar-refractivity contribution in [3.63, 3.8) is 0 Å². The molecule has 1 heterocycles. The number of fused-ring (bicyclic) bond motifs is 1. The van der Waals surface area contributed by atoms with Gasteiger partial charge in [0.1, 0.15) is 5.75 Å². The predicted molar refractivity (Wildman–Crippen MR) is 82.4 cm³/mol. The van der Waals surface area contributed by atoms with E-state index in [9.17, 15) is 0 Å². The van der Waals surface area contributed by atoms with Gasteiger partial charge in [0.25, 0.3) is 0 Å². The van der Waals surface area contributed by atoms with Crippen LogP contribution in [-0.4, -0.2) is 30.7 Å². The molecule has 3 rings (SSSR count). The number of nitrogens with zero attached hydrogens (tertiary/aromatic N) is 1. The Hall–Kier alpha value is -2.07. The third-order valence-electron chi connectivity index (χ3n) is 3.91. The molecule has 0 radical (unpaired) electrons. The van der Waals surface area contributed by atoms with Gasteiger partial charge in [-0.1, -0.05) is 35.5 Å². The Kier molecular flexibility index (Phi) is 4.06. The largest absolute Gasteiger partial charge is 0.492 e. The van der Waals surface area contributed by atoms with Gasteiger partial charge in [-0.2, -0.15) is 0 Å². The normalized spacial score (nSPS) is 19.1. The molecule has 1 saturated heterocycles. The van der Waals surface area contributed by atoms with Crippen molar-refractivity contribution in [1.29, 1.82) is 0 Å². The van der Waals surface area contributed by atoms with E-state index in [2.05, 4.69) is 11.2 Å². The number of oxime groups is 1. The maximum absolute atomic E-state index is 9.08. The highest BCUT2D eigenvalue weighted by molar-refractivity contribution is 6.06. The maximum atomic E-state index is 9.08. The lowest BCUT2D eigenvalue weighted by molar-refractivity contribution is 0.167. The Labute approximate surface area is 124 Å². The van der Waals surface area contributed by atoms with Crippen LogP contribution in [0.2, 0.25) is 0 Å². The average molecular weight is 285 g/mol. The van der Waals surface area contributed by atoms with E-state index in [0.717, 1.165) is 41.7 Å². The van der Waals surface area contributed by atoms with Crippen LogP contribution in [0.15, 0.2) is 41.6 Å². The van der Waals surface area contributed by atoms with Gasteiger partial charge in [-0.05, 0) is 24.8 Å². The van der Waals surface area contributed by atoms with Crippen molar-refractivity contribution in [1.82, 2.24) is 0 Å². The van der Waals surface area contributed by atoms with E-state index in [4.69, 9.17) is 14.7 Å². The van der Waals surface area contributed by atoms with Crippen LogP contribution >= 0.6 is 0 Å². The Morgan fingerprint density at radius 1 is 1.33 bits per heavy atom. The van der Waals surface area contributed by atoms with Crippen molar-refractivity contribution in [3.8, 4) is 5.75 Å². The van der Waals surface area contributed by atoms with E-state index in [-0.39, 0.29) is 0 Å². The summed E-state index contributed by atoms with van der Waals surface area (Å²) in [6.45, 7) is 3.97. The topological polar surface area (TPSA) is 51.1 Å². The molecule has 4 nitrogen and oxygen atoms in total. The first-order valence-corrected chi connectivity index (χ1v) is 7.21. The Balaban J connectivity index is 1.98. The standard InChI is InChI=1S/C17H19NO3/c1-12(18-19)15-7-6-14-4-2-3-5-16(14)17(15)21-11-13-8-9-20-10-13/h2-7,13,19H,8-11H2,1H3. The molecule has 1 aliphatic rings. The van der Waals surface area contributed by atoms with Gasteiger partial charge < -0.3 is 14.7 Å². The summed E-state index contributed by atoms with van der Waals surface area (Å²) >= 11 is 0. The molecule has 110 valence electrons. The zero-order chi connectivity index (χ0) is 14.7. The number of benzene rings is 2. The van der Waals surface area contributed by atoms with Gasteiger partial charge in [0.2, 0.25) is 0 Å². The van der Waals surface area contributed by atoms with Gasteiger partial charge in [-0.25, -0.2) is 0 Å². The zero-order valence-electron chi connectivity index (χ0n) is 12.1. The van der Waals surface area contributed by atoms with Gasteiger partial charge in [0, 0.05) is 23.5 Å². The molecule has 0 spiro atoms. The number of hydrogen-bond donors (Lipinski definition) is 1. The van der Waals surface area contributed by atoms with Crippen LogP contribution in [0.25, 0.3) is 10.8 Å². The van der Waals surface area contributed by atoms with Gasteiger partial charge in [-0.15, -0.1) is 0 Å². The van der Waals surface area contributed by atoms with Crippen molar-refractivity contribution in [2.75, 3.05) is 19.8 Å². The summed E-state index contributed by atoms with van der Waals surface area (Å²) in [7, 11) is 0. The molecule has 0 aromatic heterocycles. The molecule has 0 aliphatic carbocycles. The monoisotopic (exact) mass is 285 g/mol. The summed E-state index contributed by atoms with van der Waals surface area (Å²) in [5, 5.41) is 14.5. The fraction of sp³-hybridized carbons (Fsp3) is 0.353. The van der Waals surface area contributed by atoms with Crippen LogP contribution in [0.1, 0.15) is 18.9 Å². The van der Waals surface area contributed by atoms with Crippen molar-refractivity contribution < 1.29 is 14.7 Å². The maximum Gasteiger partial charge on any atom is 0.136 e. The second kappa shape index (κ2) is 6.14. The van der Waals surface area contributed by atoms with Crippen LogP contribution in [0, 0.1) is 5.92 Å². The molecule has 2 aromatic carbocycles. The lowest BCUT2D eigenvalue weighted by Crippen LogP contribution is -2.13. The number of hydrogen-bond acceptors (Lipinski definition) is 4. The fourth-order valence-electron chi connectivity index (χ4n) is 2.65. The fourth-order valence-corrected chi connectivity index (χ4v) is 2.65. The predicted octanol–water partition coefficient (Wildman–Crippen LogP) is 3.45. The quantitative estimate of drug-likeness (QED) is 0.532. The van der Waals surface area contributed by atoms with E-state index in [1.807, 2.05) is 30.3 Å². The smallest absolute Gasteiger partial charge is 0.136 e. The van der Waals surface area contributed by atoms with E-state index in [1.165, 1.54) is 0 Å². The summed E-state index contributed by atoms with van der Waals surface area (Å²) < 4.78 is 11.5. The van der Waals surface area contributed by atoms with Gasteiger partial charge in [0.05, 0.1) is 18.9 Å². The van der Waals surface area contributed by atoms with Gasteiger partial charge >= 0.3 is 0 Å². The van der Waals surface area contributed by atoms with Crippen molar-refractivity contribution in [2.45, 2.75) is 13.3 Å². The molecule has 0 amide bonds. The molecule has 1 unspecified atom stereocenters. The molecule has 1 N–H and O–H groups in total. The highest BCUT2D eigenvalue weighted by Crippen LogP contribution is 2.31. The lowest BCUT2D eigenvalue weighted by Gasteiger charge is -2.16. The van der Waals surface area contributed by atoms with Crippen LogP contribution in [0.4, 0.5) is 0 Å². The summed E-state index contributed by atoms with van der Waals surface area (Å²) in [6.07, 6.45) is 1.03.